The van der Waals surface area contributed by atoms with Gasteiger partial charge in [-0.2, -0.15) is 0 Å². The van der Waals surface area contributed by atoms with Gasteiger partial charge in [0.1, 0.15) is 24.4 Å². The minimum absolute atomic E-state index is 0.401. The summed E-state index contributed by atoms with van der Waals surface area (Å²) in [5.74, 6) is -0.418. The van der Waals surface area contributed by atoms with Crippen molar-refractivity contribution in [2.75, 3.05) is 38.1 Å². The zero-order chi connectivity index (χ0) is 25.7. The molecule has 1 heterocycles. The van der Waals surface area contributed by atoms with Crippen molar-refractivity contribution < 1.29 is 19.1 Å². The number of nitrogens with one attached hydrogen (secondary N) is 2. The molecule has 0 radical (unpaired) electrons. The van der Waals surface area contributed by atoms with E-state index in [1.807, 2.05) is 48.5 Å². The molecule has 8 heteroatoms. The van der Waals surface area contributed by atoms with Crippen LogP contribution in [-0.2, 0) is 15.1 Å². The molecule has 4 rings (SSSR count). The molecule has 1 atom stereocenters. The quantitative estimate of drug-likeness (QED) is 0.422. The van der Waals surface area contributed by atoms with E-state index in [2.05, 4.69) is 29.4 Å². The maximum Gasteiger partial charge on any atom is 0.325 e. The van der Waals surface area contributed by atoms with Gasteiger partial charge in [0.2, 0.25) is 5.91 Å². The van der Waals surface area contributed by atoms with E-state index < -0.39 is 29.9 Å². The fraction of sp³-hybridized carbons (Fsp3) is 0.321. The molecule has 1 fully saturated rings. The highest BCUT2D eigenvalue weighted by Crippen LogP contribution is 2.31. The second kappa shape index (κ2) is 10.8. The number of hydrogen-bond acceptors (Lipinski definition) is 5. The summed E-state index contributed by atoms with van der Waals surface area (Å²) < 4.78 is 5.89. The number of hydrogen-bond donors (Lipinski definition) is 2. The first-order chi connectivity index (χ1) is 17.4. The SMILES string of the molecule is CCN(CC)CCOc1ccccc1NC(=O)CN1C(=O)NC(C)(c2ccc3ccccc3c2)C1=O. The number of carbonyl (C=O) groups is 3. The molecule has 3 aromatic carbocycles. The standard InChI is InChI=1S/C28H32N4O4/c1-4-31(5-2)16-17-36-24-13-9-8-12-23(24)29-25(33)19-32-26(34)28(3,30-27(32)35)22-15-14-20-10-6-7-11-21(20)18-22/h6-15,18H,4-5,16-17,19H2,1-3H3,(H,29,33)(H,30,35). The third-order valence-electron chi connectivity index (χ3n) is 6.62. The summed E-state index contributed by atoms with van der Waals surface area (Å²) in [5.41, 5.74) is -0.104. The van der Waals surface area contributed by atoms with Crippen LogP contribution in [0.3, 0.4) is 0 Å². The number of imide groups is 1. The number of likely N-dealkylation sites (N-methyl/N-ethyl adjacent to an activating group) is 1. The molecule has 1 aliphatic rings. The lowest BCUT2D eigenvalue weighted by molar-refractivity contribution is -0.133. The smallest absolute Gasteiger partial charge is 0.325 e. The predicted octanol–water partition coefficient (Wildman–Crippen LogP) is 3.97. The Kier molecular flexibility index (Phi) is 7.55. The van der Waals surface area contributed by atoms with E-state index in [9.17, 15) is 14.4 Å². The number of benzene rings is 3. The fourth-order valence-electron chi connectivity index (χ4n) is 4.39. The minimum atomic E-state index is -1.26. The second-order valence-electron chi connectivity index (χ2n) is 8.93. The Hall–Kier alpha value is -3.91. The van der Waals surface area contributed by atoms with Crippen molar-refractivity contribution in [1.82, 2.24) is 15.1 Å². The van der Waals surface area contributed by atoms with Gasteiger partial charge in [-0.3, -0.25) is 14.5 Å². The zero-order valence-electron chi connectivity index (χ0n) is 20.9. The molecule has 3 aromatic rings. The minimum Gasteiger partial charge on any atom is -0.490 e. The maximum atomic E-state index is 13.3. The molecule has 0 saturated carbocycles. The highest BCUT2D eigenvalue weighted by Gasteiger charge is 2.49. The predicted molar refractivity (Wildman–Crippen MR) is 140 cm³/mol. The highest BCUT2D eigenvalue weighted by molar-refractivity contribution is 6.10. The Morgan fingerprint density at radius 3 is 2.44 bits per heavy atom. The summed E-state index contributed by atoms with van der Waals surface area (Å²) in [4.78, 5) is 42.1. The topological polar surface area (TPSA) is 91.0 Å². The molecule has 0 aromatic heterocycles. The van der Waals surface area contributed by atoms with Crippen LogP contribution in [0.1, 0.15) is 26.3 Å². The first-order valence-electron chi connectivity index (χ1n) is 12.2. The van der Waals surface area contributed by atoms with Gasteiger partial charge in [0, 0.05) is 6.54 Å². The maximum absolute atomic E-state index is 13.3. The average molecular weight is 489 g/mol. The normalized spacial score (nSPS) is 17.5. The lowest BCUT2D eigenvalue weighted by atomic mass is 9.90. The van der Waals surface area contributed by atoms with Gasteiger partial charge in [-0.1, -0.05) is 62.4 Å². The Labute approximate surface area is 211 Å². The summed E-state index contributed by atoms with van der Waals surface area (Å²) in [7, 11) is 0. The van der Waals surface area contributed by atoms with Crippen molar-refractivity contribution in [2.45, 2.75) is 26.3 Å². The van der Waals surface area contributed by atoms with Gasteiger partial charge < -0.3 is 20.3 Å². The van der Waals surface area contributed by atoms with Crippen LogP contribution >= 0.6 is 0 Å². The summed E-state index contributed by atoms with van der Waals surface area (Å²) >= 11 is 0. The van der Waals surface area contributed by atoms with Crippen LogP contribution in [0.2, 0.25) is 0 Å². The van der Waals surface area contributed by atoms with Crippen LogP contribution < -0.4 is 15.4 Å². The number of para-hydroxylation sites is 2. The zero-order valence-corrected chi connectivity index (χ0v) is 20.9. The molecule has 2 N–H and O–H groups in total. The number of amides is 4. The Bertz CT molecular complexity index is 1270. The van der Waals surface area contributed by atoms with Gasteiger partial charge in [0.25, 0.3) is 5.91 Å². The second-order valence-corrected chi connectivity index (χ2v) is 8.93. The fourth-order valence-corrected chi connectivity index (χ4v) is 4.39. The van der Waals surface area contributed by atoms with E-state index >= 15 is 0 Å². The van der Waals surface area contributed by atoms with Crippen LogP contribution in [0, 0.1) is 0 Å². The van der Waals surface area contributed by atoms with E-state index in [0.717, 1.165) is 35.3 Å². The first-order valence-corrected chi connectivity index (χ1v) is 12.2. The molecule has 1 aliphatic heterocycles. The largest absolute Gasteiger partial charge is 0.490 e. The van der Waals surface area contributed by atoms with E-state index in [0.29, 0.717) is 23.6 Å². The first kappa shape index (κ1) is 25.2. The van der Waals surface area contributed by atoms with Crippen LogP contribution in [0.4, 0.5) is 10.5 Å². The van der Waals surface area contributed by atoms with Crippen LogP contribution in [0.15, 0.2) is 66.7 Å². The van der Waals surface area contributed by atoms with Crippen molar-refractivity contribution >= 4 is 34.3 Å². The lowest BCUT2D eigenvalue weighted by Crippen LogP contribution is -2.42. The number of ether oxygens (including phenoxy) is 1. The Balaban J connectivity index is 1.43. The van der Waals surface area contributed by atoms with E-state index in [1.165, 1.54) is 0 Å². The number of carbonyl (C=O) groups excluding carboxylic acids is 3. The number of nitrogens with zero attached hydrogens (tertiary/aromatic N) is 2. The van der Waals surface area contributed by atoms with Crippen molar-refractivity contribution in [3.8, 4) is 5.75 Å². The van der Waals surface area contributed by atoms with Gasteiger partial charge in [0.15, 0.2) is 0 Å². The third kappa shape index (κ3) is 5.18. The number of rotatable bonds is 10. The lowest BCUT2D eigenvalue weighted by Gasteiger charge is -2.22. The van der Waals surface area contributed by atoms with Gasteiger partial charge in [-0.25, -0.2) is 4.79 Å². The molecule has 0 aliphatic carbocycles. The molecule has 1 unspecified atom stereocenters. The summed E-state index contributed by atoms with van der Waals surface area (Å²) in [6.07, 6.45) is 0. The molecular weight excluding hydrogens is 456 g/mol. The molecule has 4 amide bonds. The van der Waals surface area contributed by atoms with E-state index in [1.54, 1.807) is 25.1 Å². The van der Waals surface area contributed by atoms with E-state index in [4.69, 9.17) is 4.74 Å². The van der Waals surface area contributed by atoms with Gasteiger partial charge in [-0.15, -0.1) is 0 Å². The van der Waals surface area contributed by atoms with Crippen LogP contribution in [0.5, 0.6) is 5.75 Å². The summed E-state index contributed by atoms with van der Waals surface area (Å²) in [5, 5.41) is 7.56. The van der Waals surface area contributed by atoms with Crippen LogP contribution in [-0.4, -0.2) is 60.4 Å². The van der Waals surface area contributed by atoms with Crippen molar-refractivity contribution in [3.05, 3.63) is 72.3 Å². The Morgan fingerprint density at radius 2 is 1.69 bits per heavy atom. The molecule has 36 heavy (non-hydrogen) atoms. The molecular formula is C28H32N4O4. The molecule has 0 bridgehead atoms. The van der Waals surface area contributed by atoms with Gasteiger partial charge in [0.05, 0.1) is 5.69 Å². The molecule has 1 saturated heterocycles. The molecule has 188 valence electrons. The number of anilines is 1. The number of fused-ring (bicyclic) bond motifs is 1. The molecule has 8 nitrogen and oxygen atoms in total. The number of urea groups is 1. The van der Waals surface area contributed by atoms with Crippen LogP contribution in [0.25, 0.3) is 10.8 Å². The Morgan fingerprint density at radius 1 is 1.00 bits per heavy atom. The van der Waals surface area contributed by atoms with Gasteiger partial charge >= 0.3 is 6.03 Å². The van der Waals surface area contributed by atoms with E-state index in [-0.39, 0.29) is 0 Å². The van der Waals surface area contributed by atoms with Crippen molar-refractivity contribution in [2.24, 2.45) is 0 Å². The average Bonchev–Trinajstić information content (AvgIpc) is 3.11. The molecule has 0 spiro atoms. The van der Waals surface area contributed by atoms with Crippen molar-refractivity contribution in [3.63, 3.8) is 0 Å². The third-order valence-corrected chi connectivity index (χ3v) is 6.62. The van der Waals surface area contributed by atoms with Gasteiger partial charge in [-0.05, 0) is 54.5 Å². The summed E-state index contributed by atoms with van der Waals surface area (Å²) in [6, 6.07) is 20.0. The van der Waals surface area contributed by atoms with Crippen molar-refractivity contribution in [1.29, 1.82) is 0 Å². The summed E-state index contributed by atoms with van der Waals surface area (Å²) in [6.45, 7) is 8.56. The monoisotopic (exact) mass is 488 g/mol. The highest BCUT2D eigenvalue weighted by atomic mass is 16.5.